The van der Waals surface area contributed by atoms with Crippen molar-refractivity contribution in [3.8, 4) is 0 Å². The molecule has 0 aliphatic heterocycles. The fraction of sp³-hybridized carbons (Fsp3) is 0.722. The molecule has 0 aromatic heterocycles. The highest BCUT2D eigenvalue weighted by Crippen LogP contribution is 2.35. The fourth-order valence-electron chi connectivity index (χ4n) is 3.64. The van der Waals surface area contributed by atoms with E-state index < -0.39 is 86.7 Å². The minimum atomic E-state index is -2.11. The van der Waals surface area contributed by atoms with Gasteiger partial charge in [-0.3, -0.25) is 9.79 Å². The van der Waals surface area contributed by atoms with Crippen LogP contribution in [0.25, 0.3) is 0 Å². The van der Waals surface area contributed by atoms with E-state index in [1.807, 2.05) is 0 Å². The van der Waals surface area contributed by atoms with E-state index in [2.05, 4.69) is 10.3 Å². The molecule has 0 radical (unpaired) electrons. The second-order valence-electron chi connectivity index (χ2n) is 7.62. The Balaban J connectivity index is 2.31. The van der Waals surface area contributed by atoms with E-state index in [-0.39, 0.29) is 17.2 Å². The molecule has 0 heterocycles. The molecule has 0 spiro atoms. The number of rotatable bonds is 10. The van der Waals surface area contributed by atoms with Gasteiger partial charge in [0.15, 0.2) is 11.5 Å². The van der Waals surface area contributed by atoms with E-state index in [1.165, 1.54) is 7.11 Å². The normalized spacial score (nSPS) is 35.1. The number of hydrogen-bond donors (Lipinski definition) is 9. The Labute approximate surface area is 182 Å². The number of aliphatic hydroxyl groups excluding tert-OH is 5. The summed E-state index contributed by atoms with van der Waals surface area (Å²) in [4.78, 5) is 26.1. The minimum Gasteiger partial charge on any atom is -0.493 e. The summed E-state index contributed by atoms with van der Waals surface area (Å²) in [5, 5.41) is 80.3. The van der Waals surface area contributed by atoms with Crippen molar-refractivity contribution in [2.24, 2.45) is 10.9 Å². The van der Waals surface area contributed by atoms with Gasteiger partial charge in [0.1, 0.15) is 24.8 Å². The second-order valence-corrected chi connectivity index (χ2v) is 7.62. The van der Waals surface area contributed by atoms with Crippen molar-refractivity contribution in [3.63, 3.8) is 0 Å². The number of hydrogen-bond acceptors (Lipinski definition) is 12. The van der Waals surface area contributed by atoms with Crippen molar-refractivity contribution in [1.82, 2.24) is 5.32 Å². The first kappa shape index (κ1) is 25.9. The number of aliphatic carboxylic acids is 2. The molecule has 32 heavy (non-hydrogen) atoms. The summed E-state index contributed by atoms with van der Waals surface area (Å²) in [5.74, 6) is -5.99. The van der Waals surface area contributed by atoms with Crippen LogP contribution in [0.3, 0.4) is 0 Å². The smallest absolute Gasteiger partial charge is 0.328 e. The van der Waals surface area contributed by atoms with Crippen LogP contribution in [0.5, 0.6) is 0 Å². The Morgan fingerprint density at radius 3 is 2.19 bits per heavy atom. The van der Waals surface area contributed by atoms with Crippen LogP contribution in [0.15, 0.2) is 16.4 Å². The van der Waals surface area contributed by atoms with Crippen LogP contribution >= 0.6 is 0 Å². The molecule has 0 aromatic rings. The molecule has 1 fully saturated rings. The van der Waals surface area contributed by atoms with Gasteiger partial charge in [-0.05, 0) is 0 Å². The maximum atomic E-state index is 11.3. The van der Waals surface area contributed by atoms with E-state index >= 15 is 0 Å². The fourth-order valence-corrected chi connectivity index (χ4v) is 3.64. The van der Waals surface area contributed by atoms with Gasteiger partial charge in [0.05, 0.1) is 43.9 Å². The largest absolute Gasteiger partial charge is 0.493 e. The van der Waals surface area contributed by atoms with E-state index in [0.717, 1.165) is 0 Å². The van der Waals surface area contributed by atoms with E-state index in [0.29, 0.717) is 0 Å². The number of carbonyl (C=O) groups is 2. The van der Waals surface area contributed by atoms with Gasteiger partial charge in [-0.1, -0.05) is 0 Å². The third-order valence-electron chi connectivity index (χ3n) is 5.34. The van der Waals surface area contributed by atoms with Crippen LogP contribution in [-0.2, 0) is 19.1 Å². The lowest BCUT2D eigenvalue weighted by Gasteiger charge is -2.37. The Morgan fingerprint density at radius 2 is 1.72 bits per heavy atom. The van der Waals surface area contributed by atoms with Gasteiger partial charge in [0, 0.05) is 18.8 Å². The zero-order chi connectivity index (χ0) is 24.2. The standard InChI is InChI=1S/C18H28N2O12/c1-31-16-8(19-4-11(22)23)2-18(30,3-9(16)20-10(5-21)17(28)29)32-6-7-12(24)14(26)15(27)13(7)25/h7,10,12-15,20-21,24-27,30H,2-6H2,1H3,(H,22,23)(H,28,29). The van der Waals surface area contributed by atoms with Gasteiger partial charge >= 0.3 is 11.9 Å². The number of allylic oxidation sites excluding steroid dienone is 1. The third-order valence-corrected chi connectivity index (χ3v) is 5.34. The molecule has 9 N–H and O–H groups in total. The lowest BCUT2D eigenvalue weighted by molar-refractivity contribution is -0.215. The van der Waals surface area contributed by atoms with Crippen LogP contribution < -0.4 is 5.32 Å². The highest BCUT2D eigenvalue weighted by Gasteiger charge is 2.49. The molecule has 0 aromatic carbocycles. The minimum absolute atomic E-state index is 0.0361. The summed E-state index contributed by atoms with van der Waals surface area (Å²) in [6.45, 7) is -2.02. The predicted molar refractivity (Wildman–Crippen MR) is 103 cm³/mol. The molecule has 1 saturated carbocycles. The maximum Gasteiger partial charge on any atom is 0.328 e. The molecular formula is C18H28N2O12. The molecule has 0 saturated heterocycles. The Kier molecular flexibility index (Phi) is 8.53. The molecular weight excluding hydrogens is 436 g/mol. The van der Waals surface area contributed by atoms with Crippen LogP contribution in [-0.4, -0.2) is 122 Å². The number of aliphatic imine (C=N–C) groups is 1. The van der Waals surface area contributed by atoms with Crippen LogP contribution in [0.2, 0.25) is 0 Å². The second kappa shape index (κ2) is 10.5. The maximum absolute atomic E-state index is 11.3. The Morgan fingerprint density at radius 1 is 1.12 bits per heavy atom. The van der Waals surface area contributed by atoms with Crippen molar-refractivity contribution in [2.75, 3.05) is 26.9 Å². The van der Waals surface area contributed by atoms with Crippen LogP contribution in [0.4, 0.5) is 0 Å². The van der Waals surface area contributed by atoms with Crippen LogP contribution in [0.1, 0.15) is 12.8 Å². The first-order valence-corrected chi connectivity index (χ1v) is 9.65. The molecule has 2 aliphatic rings. The number of ether oxygens (including phenoxy) is 2. The zero-order valence-corrected chi connectivity index (χ0v) is 17.2. The van der Waals surface area contributed by atoms with Gasteiger partial charge in [0.25, 0.3) is 0 Å². The predicted octanol–water partition coefficient (Wildman–Crippen LogP) is -4.02. The Bertz CT molecular complexity index is 757. The summed E-state index contributed by atoms with van der Waals surface area (Å²) < 4.78 is 10.7. The van der Waals surface area contributed by atoms with Gasteiger partial charge in [-0.25, -0.2) is 4.79 Å². The van der Waals surface area contributed by atoms with Crippen molar-refractivity contribution >= 4 is 17.7 Å². The van der Waals surface area contributed by atoms with Crippen molar-refractivity contribution in [2.45, 2.75) is 49.1 Å². The first-order valence-electron chi connectivity index (χ1n) is 9.65. The van der Waals surface area contributed by atoms with Crippen molar-refractivity contribution in [1.29, 1.82) is 0 Å². The number of nitrogens with zero attached hydrogens (tertiary/aromatic N) is 1. The van der Waals surface area contributed by atoms with E-state index in [9.17, 15) is 45.3 Å². The van der Waals surface area contributed by atoms with E-state index in [4.69, 9.17) is 14.6 Å². The average Bonchev–Trinajstić information content (AvgIpc) is 2.91. The highest BCUT2D eigenvalue weighted by molar-refractivity contribution is 6.01. The van der Waals surface area contributed by atoms with Crippen molar-refractivity contribution < 1.29 is 59.9 Å². The topological polar surface area (TPSA) is 239 Å². The lowest BCUT2D eigenvalue weighted by atomic mass is 9.93. The lowest BCUT2D eigenvalue weighted by Crippen LogP contribution is -2.48. The zero-order valence-electron chi connectivity index (χ0n) is 17.2. The molecule has 6 unspecified atom stereocenters. The molecule has 2 aliphatic carbocycles. The first-order chi connectivity index (χ1) is 14.9. The van der Waals surface area contributed by atoms with Gasteiger partial charge in [-0.15, -0.1) is 0 Å². The molecule has 182 valence electrons. The Hall–Kier alpha value is -2.33. The van der Waals surface area contributed by atoms with E-state index in [1.54, 1.807) is 0 Å². The van der Waals surface area contributed by atoms with Crippen LogP contribution in [0, 0.1) is 5.92 Å². The molecule has 0 bridgehead atoms. The monoisotopic (exact) mass is 464 g/mol. The van der Waals surface area contributed by atoms with Crippen molar-refractivity contribution in [3.05, 3.63) is 11.5 Å². The summed E-state index contributed by atoms with van der Waals surface area (Å²) in [6.07, 6.45) is -7.12. The SMILES string of the molecule is COC1=C(NC(CO)C(=O)O)CC(O)(OCC2C(O)C(O)C(O)C2O)CC1=NCC(=O)O. The van der Waals surface area contributed by atoms with Gasteiger partial charge in [-0.2, -0.15) is 0 Å². The molecule has 14 nitrogen and oxygen atoms in total. The third kappa shape index (κ3) is 5.72. The highest BCUT2D eigenvalue weighted by atomic mass is 16.6. The number of carboxylic acids is 2. The van der Waals surface area contributed by atoms with Gasteiger partial charge < -0.3 is 55.6 Å². The molecule has 14 heteroatoms. The summed E-state index contributed by atoms with van der Waals surface area (Å²) in [5.41, 5.74) is -0.111. The number of carboxylic acid groups (broad SMARTS) is 2. The quantitative estimate of drug-likeness (QED) is 0.140. The number of nitrogens with one attached hydrogen (secondary N) is 1. The molecule has 0 amide bonds. The number of methoxy groups -OCH3 is 1. The van der Waals surface area contributed by atoms with Gasteiger partial charge in [0.2, 0.25) is 0 Å². The number of aliphatic hydroxyl groups is 6. The summed E-state index contributed by atoms with van der Waals surface area (Å²) in [6, 6.07) is -1.48. The summed E-state index contributed by atoms with van der Waals surface area (Å²) in [7, 11) is 1.22. The molecule has 6 atom stereocenters. The molecule has 2 rings (SSSR count). The summed E-state index contributed by atoms with van der Waals surface area (Å²) >= 11 is 0. The average molecular weight is 464 g/mol.